The summed E-state index contributed by atoms with van der Waals surface area (Å²) in [4.78, 5) is 19.4. The van der Waals surface area contributed by atoms with Crippen LogP contribution in [0.5, 0.6) is 0 Å². The number of hydrogen-bond donors (Lipinski definition) is 2. The van der Waals surface area contributed by atoms with Crippen LogP contribution < -0.4 is 5.32 Å². The molecule has 0 fully saturated rings. The number of nitro benzene ring substituents is 1. The summed E-state index contributed by atoms with van der Waals surface area (Å²) in [5, 5.41) is 13.1. The lowest BCUT2D eigenvalue weighted by Crippen LogP contribution is -1.95. The van der Waals surface area contributed by atoms with E-state index in [1.165, 1.54) is 24.3 Å². The van der Waals surface area contributed by atoms with Crippen LogP contribution in [0.15, 0.2) is 29.0 Å². The van der Waals surface area contributed by atoms with Crippen LogP contribution in [0.25, 0.3) is 0 Å². The van der Waals surface area contributed by atoms with Crippen molar-refractivity contribution in [3.63, 3.8) is 0 Å². The summed E-state index contributed by atoms with van der Waals surface area (Å²) in [5.74, 6) is 0.558. The molecule has 1 unspecified atom stereocenters. The molecule has 1 aromatic carbocycles. The molecule has 1 atom stereocenters. The lowest BCUT2D eigenvalue weighted by atomic mass is 10.3. The third kappa shape index (κ3) is 5.87. The number of nitro groups is 1. The highest BCUT2D eigenvalue weighted by molar-refractivity contribution is 8.55. The van der Waals surface area contributed by atoms with Crippen molar-refractivity contribution in [2.45, 2.75) is 13.3 Å². The molecule has 19 heavy (non-hydrogen) atoms. The normalized spacial score (nSPS) is 14.2. The molecule has 104 valence electrons. The summed E-state index contributed by atoms with van der Waals surface area (Å²) in [5.41, 5.74) is 0.531. The molecule has 0 aromatic heterocycles. The Morgan fingerprint density at radius 3 is 2.68 bits per heavy atom. The number of hydrogen-bond acceptors (Lipinski definition) is 4. The predicted octanol–water partition coefficient (Wildman–Crippen LogP) is 3.28. The van der Waals surface area contributed by atoms with E-state index in [4.69, 9.17) is 0 Å². The van der Waals surface area contributed by atoms with Gasteiger partial charge < -0.3 is 10.2 Å². The number of non-ortho nitro benzene ring substituents is 1. The minimum absolute atomic E-state index is 0.0196. The van der Waals surface area contributed by atoms with Crippen LogP contribution in [0.2, 0.25) is 0 Å². The summed E-state index contributed by atoms with van der Waals surface area (Å²) in [6.45, 7) is -1.65. The minimum atomic E-state index is -3.56. The molecule has 9 heteroatoms. The first kappa shape index (κ1) is 15.7. The minimum Gasteiger partial charge on any atom is -0.346 e. The Morgan fingerprint density at radius 1 is 1.53 bits per heavy atom. The molecule has 0 radical (unpaired) electrons. The number of benzene rings is 1. The van der Waals surface area contributed by atoms with E-state index in [1.807, 2.05) is 6.92 Å². The van der Waals surface area contributed by atoms with Gasteiger partial charge in [-0.15, -0.1) is 0 Å². The third-order valence-corrected chi connectivity index (χ3v) is 5.15. The van der Waals surface area contributed by atoms with E-state index >= 15 is 0 Å². The molecule has 0 saturated heterocycles. The van der Waals surface area contributed by atoms with Crippen molar-refractivity contribution in [3.05, 3.63) is 34.4 Å². The summed E-state index contributed by atoms with van der Waals surface area (Å²) in [6.07, 6.45) is 1.92. The maximum atomic E-state index is 11.5. The Morgan fingerprint density at radius 2 is 2.16 bits per heavy atom. The average Bonchev–Trinajstić information content (AvgIpc) is 2.37. The lowest BCUT2D eigenvalue weighted by molar-refractivity contribution is -0.384. The number of rotatable bonds is 7. The Balaban J connectivity index is 2.56. The second-order valence-electron chi connectivity index (χ2n) is 3.52. The van der Waals surface area contributed by atoms with Gasteiger partial charge in [0, 0.05) is 23.6 Å². The van der Waals surface area contributed by atoms with E-state index in [2.05, 4.69) is 10.1 Å². The molecule has 0 aliphatic heterocycles. The Labute approximate surface area is 114 Å². The molecule has 0 bridgehead atoms. The SMILES string of the molecule is CCCSP(=O)(O)N=CNc1ccc([N+](=O)[O-])cc1. The van der Waals surface area contributed by atoms with Crippen LogP contribution in [-0.4, -0.2) is 21.9 Å². The van der Waals surface area contributed by atoms with Crippen molar-refractivity contribution in [3.8, 4) is 0 Å². The zero-order valence-corrected chi connectivity index (χ0v) is 11.9. The fraction of sp³-hybridized carbons (Fsp3) is 0.300. The zero-order valence-electron chi connectivity index (χ0n) is 10.2. The first-order valence-corrected chi connectivity index (χ1v) is 8.67. The van der Waals surface area contributed by atoms with Crippen molar-refractivity contribution in [1.29, 1.82) is 0 Å². The van der Waals surface area contributed by atoms with Crippen LogP contribution >= 0.6 is 18.1 Å². The highest BCUT2D eigenvalue weighted by Gasteiger charge is 2.15. The molecule has 2 N–H and O–H groups in total. The molecule has 1 aromatic rings. The smallest absolute Gasteiger partial charge is 0.346 e. The van der Waals surface area contributed by atoms with Crippen molar-refractivity contribution >= 4 is 35.8 Å². The van der Waals surface area contributed by atoms with Gasteiger partial charge in [0.05, 0.1) is 11.3 Å². The first-order valence-electron chi connectivity index (χ1n) is 5.47. The molecule has 0 aliphatic carbocycles. The molecule has 1 rings (SSSR count). The molecule has 0 saturated carbocycles. The maximum absolute atomic E-state index is 11.5. The first-order chi connectivity index (χ1) is 8.94. The average molecular weight is 303 g/mol. The van der Waals surface area contributed by atoms with Gasteiger partial charge in [0.1, 0.15) is 0 Å². The predicted molar refractivity (Wildman–Crippen MR) is 77.8 cm³/mol. The monoisotopic (exact) mass is 303 g/mol. The van der Waals surface area contributed by atoms with E-state index < -0.39 is 11.6 Å². The second-order valence-corrected chi connectivity index (χ2v) is 7.60. The van der Waals surface area contributed by atoms with Crippen LogP contribution in [0.4, 0.5) is 11.4 Å². The Hall–Kier alpha value is -1.37. The van der Waals surface area contributed by atoms with E-state index in [-0.39, 0.29) is 5.69 Å². The number of nitrogens with zero attached hydrogens (tertiary/aromatic N) is 2. The van der Waals surface area contributed by atoms with Crippen molar-refractivity contribution < 1.29 is 14.4 Å². The van der Waals surface area contributed by atoms with E-state index in [0.29, 0.717) is 11.4 Å². The number of anilines is 1. The molecule has 0 aliphatic rings. The van der Waals surface area contributed by atoms with Crippen molar-refractivity contribution in [1.82, 2.24) is 0 Å². The van der Waals surface area contributed by atoms with Crippen molar-refractivity contribution in [2.75, 3.05) is 11.1 Å². The molecular formula is C10H14N3O4PS. The fourth-order valence-electron chi connectivity index (χ4n) is 1.10. The quantitative estimate of drug-likeness (QED) is 0.263. The highest BCUT2D eigenvalue weighted by atomic mass is 32.7. The molecule has 0 spiro atoms. The van der Waals surface area contributed by atoms with Gasteiger partial charge in [0.15, 0.2) is 0 Å². The van der Waals surface area contributed by atoms with E-state index in [0.717, 1.165) is 24.1 Å². The van der Waals surface area contributed by atoms with E-state index in [9.17, 15) is 19.6 Å². The van der Waals surface area contributed by atoms with Gasteiger partial charge in [-0.2, -0.15) is 4.76 Å². The molecular weight excluding hydrogens is 289 g/mol. The molecule has 7 nitrogen and oxygen atoms in total. The Kier molecular flexibility index (Phi) is 6.01. The van der Waals surface area contributed by atoms with Crippen LogP contribution in [0.3, 0.4) is 0 Å². The standard InChI is InChI=1S/C10H14N3O4PS/c1-2-7-19-18(16,17)12-8-11-9-3-5-10(6-4-9)13(14)15/h3-6,8H,2,7H2,1H3,(H2,11,12,16,17). The van der Waals surface area contributed by atoms with Gasteiger partial charge in [-0.3, -0.25) is 14.7 Å². The van der Waals surface area contributed by atoms with Gasteiger partial charge in [-0.25, -0.2) is 0 Å². The molecule has 0 heterocycles. The lowest BCUT2D eigenvalue weighted by Gasteiger charge is -2.04. The van der Waals surface area contributed by atoms with Gasteiger partial charge in [0.2, 0.25) is 0 Å². The van der Waals surface area contributed by atoms with Gasteiger partial charge >= 0.3 is 6.72 Å². The largest absolute Gasteiger partial charge is 0.370 e. The number of nitrogens with one attached hydrogen (secondary N) is 1. The van der Waals surface area contributed by atoms with Crippen LogP contribution in [-0.2, 0) is 4.57 Å². The maximum Gasteiger partial charge on any atom is 0.370 e. The highest BCUT2D eigenvalue weighted by Crippen LogP contribution is 2.55. The van der Waals surface area contributed by atoms with Gasteiger partial charge in [-0.05, 0) is 29.9 Å². The second kappa shape index (κ2) is 7.28. The van der Waals surface area contributed by atoms with Crippen LogP contribution in [0.1, 0.15) is 13.3 Å². The fourth-order valence-corrected chi connectivity index (χ4v) is 3.39. The summed E-state index contributed by atoms with van der Waals surface area (Å²) in [6, 6.07) is 5.65. The zero-order chi connectivity index (χ0) is 14.3. The Bertz CT molecular complexity index is 506. The van der Waals surface area contributed by atoms with Crippen molar-refractivity contribution in [2.24, 2.45) is 4.76 Å². The van der Waals surface area contributed by atoms with Gasteiger partial charge in [-0.1, -0.05) is 6.92 Å². The summed E-state index contributed by atoms with van der Waals surface area (Å²) in [7, 11) is 0. The molecule has 0 amide bonds. The topological polar surface area (TPSA) is 105 Å². The van der Waals surface area contributed by atoms with Crippen LogP contribution in [0, 0.1) is 10.1 Å². The van der Waals surface area contributed by atoms with E-state index in [1.54, 1.807) is 0 Å². The van der Waals surface area contributed by atoms with Gasteiger partial charge in [0.25, 0.3) is 5.69 Å². The third-order valence-electron chi connectivity index (χ3n) is 1.98. The summed E-state index contributed by atoms with van der Waals surface area (Å²) >= 11 is 0.904. The summed E-state index contributed by atoms with van der Waals surface area (Å²) < 4.78 is 15.0.